The number of carbonyl (C=O) groups excluding carboxylic acids is 2. The van der Waals surface area contributed by atoms with E-state index in [0.29, 0.717) is 61.7 Å². The number of hydrogen-bond acceptors (Lipinski definition) is 10. The summed E-state index contributed by atoms with van der Waals surface area (Å²) < 4.78 is 50.6. The number of likely N-dealkylation sites (tertiary alicyclic amines) is 1. The van der Waals surface area contributed by atoms with Gasteiger partial charge in [-0.3, -0.25) is 24.6 Å². The number of fused-ring (bicyclic) bond motifs is 1. The van der Waals surface area contributed by atoms with Crippen molar-refractivity contribution >= 4 is 56.2 Å². The number of nitrogens with zero attached hydrogens (tertiary/aromatic N) is 7. The first-order chi connectivity index (χ1) is 24.5. The molecule has 270 valence electrons. The Balaban J connectivity index is 0.902. The van der Waals surface area contributed by atoms with Gasteiger partial charge >= 0.3 is 6.03 Å². The Morgan fingerprint density at radius 3 is 2.47 bits per heavy atom. The van der Waals surface area contributed by atoms with Crippen LogP contribution in [0.1, 0.15) is 43.6 Å². The molecule has 7 rings (SSSR count). The largest absolute Gasteiger partial charge is 0.489 e. The standard InChI is InChI=1S/C34H39ClFN9O5S/c1-42-29-18-23(2-4-27(29)32(41-42)45-15-10-31(46)40-34(45)47)22-6-11-43(12-7-22)16-17-50-30-19-26(3-5-28(30)36)51(48,49)44-13-8-25(9-14-44)39-33-37-20-24(35)21-38-33/h2-5,18-22,25H,6-17H2,1H3,(H,37,38,39)(H,40,46,47). The Morgan fingerprint density at radius 2 is 1.75 bits per heavy atom. The Morgan fingerprint density at radius 1 is 1.00 bits per heavy atom. The minimum Gasteiger partial charge on any atom is -0.489 e. The molecular formula is C34H39ClFN9O5S. The molecule has 2 N–H and O–H groups in total. The molecule has 3 saturated heterocycles. The van der Waals surface area contributed by atoms with E-state index in [1.54, 1.807) is 4.68 Å². The third-order valence-corrected chi connectivity index (χ3v) is 11.9. The fraction of sp³-hybridized carbons (Fsp3) is 0.441. The molecule has 14 nitrogen and oxygen atoms in total. The van der Waals surface area contributed by atoms with Gasteiger partial charge in [0.05, 0.1) is 27.8 Å². The molecule has 2 aromatic carbocycles. The van der Waals surface area contributed by atoms with E-state index in [0.717, 1.165) is 42.9 Å². The van der Waals surface area contributed by atoms with Crippen LogP contribution in [0, 0.1) is 5.82 Å². The number of carbonyl (C=O) groups is 2. The number of ether oxygens (including phenoxy) is 1. The van der Waals surface area contributed by atoms with E-state index in [2.05, 4.69) is 42.7 Å². The van der Waals surface area contributed by atoms with E-state index in [1.807, 2.05) is 13.1 Å². The fourth-order valence-electron chi connectivity index (χ4n) is 6.96. The topological polar surface area (TPSA) is 155 Å². The normalized spacial score (nSPS) is 18.7. The fourth-order valence-corrected chi connectivity index (χ4v) is 8.55. The Hall–Kier alpha value is -4.38. The highest BCUT2D eigenvalue weighted by molar-refractivity contribution is 7.89. The molecule has 0 radical (unpaired) electrons. The lowest BCUT2D eigenvalue weighted by atomic mass is 9.89. The molecule has 0 unspecified atom stereocenters. The molecule has 0 atom stereocenters. The van der Waals surface area contributed by atoms with Crippen LogP contribution >= 0.6 is 11.6 Å². The molecule has 3 amide bonds. The Bertz CT molecular complexity index is 2030. The first-order valence-corrected chi connectivity index (χ1v) is 18.8. The van der Waals surface area contributed by atoms with Crippen LogP contribution in [0.4, 0.5) is 21.0 Å². The van der Waals surface area contributed by atoms with Crippen molar-refractivity contribution in [2.75, 3.05) is 56.1 Å². The number of urea groups is 1. The lowest BCUT2D eigenvalue weighted by molar-refractivity contribution is -0.120. The van der Waals surface area contributed by atoms with Crippen molar-refractivity contribution in [3.8, 4) is 5.75 Å². The van der Waals surface area contributed by atoms with E-state index in [-0.39, 0.29) is 35.6 Å². The van der Waals surface area contributed by atoms with E-state index >= 15 is 0 Å². The van der Waals surface area contributed by atoms with Crippen LogP contribution in [0.15, 0.2) is 53.7 Å². The second-order valence-corrected chi connectivity index (χ2v) is 15.5. The molecular weight excluding hydrogens is 701 g/mol. The first kappa shape index (κ1) is 35.0. The van der Waals surface area contributed by atoms with Gasteiger partial charge in [0.25, 0.3) is 0 Å². The van der Waals surface area contributed by atoms with Crippen molar-refractivity contribution in [2.24, 2.45) is 7.05 Å². The number of piperidine rings is 2. The maximum Gasteiger partial charge on any atom is 0.329 e. The van der Waals surface area contributed by atoms with Gasteiger partial charge < -0.3 is 10.1 Å². The summed E-state index contributed by atoms with van der Waals surface area (Å²) in [5, 5.41) is 11.5. The zero-order valence-corrected chi connectivity index (χ0v) is 29.7. The second-order valence-electron chi connectivity index (χ2n) is 13.1. The molecule has 0 saturated carbocycles. The van der Waals surface area contributed by atoms with Crippen LogP contribution in [-0.2, 0) is 21.9 Å². The first-order valence-electron chi connectivity index (χ1n) is 17.0. The number of hydrogen-bond donors (Lipinski definition) is 2. The van der Waals surface area contributed by atoms with E-state index in [4.69, 9.17) is 16.3 Å². The highest BCUT2D eigenvalue weighted by Crippen LogP contribution is 2.34. The molecule has 0 aliphatic carbocycles. The number of halogens is 2. The SMILES string of the molecule is Cn1nc(N2CCC(=O)NC2=O)c2ccc(C3CCN(CCOc4cc(S(=O)(=O)N5CCC(Nc6ncc(Cl)cn6)CC5)ccc4F)CC3)cc21. The van der Waals surface area contributed by atoms with Gasteiger partial charge in [0, 0.05) is 57.1 Å². The van der Waals surface area contributed by atoms with Crippen LogP contribution in [0.3, 0.4) is 0 Å². The van der Waals surface area contributed by atoms with Gasteiger partial charge in [-0.25, -0.2) is 27.6 Å². The van der Waals surface area contributed by atoms with Gasteiger partial charge in [0.15, 0.2) is 17.4 Å². The smallest absolute Gasteiger partial charge is 0.329 e. The number of nitrogens with one attached hydrogen (secondary N) is 2. The summed E-state index contributed by atoms with van der Waals surface area (Å²) in [5.41, 5.74) is 2.11. The van der Waals surface area contributed by atoms with E-state index in [9.17, 15) is 22.4 Å². The highest BCUT2D eigenvalue weighted by atomic mass is 35.5. The molecule has 3 aliphatic rings. The summed E-state index contributed by atoms with van der Waals surface area (Å²) in [6.07, 6.45) is 6.21. The summed E-state index contributed by atoms with van der Waals surface area (Å²) in [5.74, 6) is 0.342. The Kier molecular flexibility index (Phi) is 10.1. The molecule has 3 fully saturated rings. The van der Waals surface area contributed by atoms with Crippen molar-refractivity contribution in [2.45, 2.75) is 49.0 Å². The lowest BCUT2D eigenvalue weighted by Crippen LogP contribution is -2.49. The molecule has 0 bridgehead atoms. The molecule has 5 heterocycles. The van der Waals surface area contributed by atoms with Crippen molar-refractivity contribution in [3.05, 3.63) is 65.2 Å². The van der Waals surface area contributed by atoms with Crippen LogP contribution in [0.2, 0.25) is 5.02 Å². The number of rotatable bonds is 10. The molecule has 2 aromatic heterocycles. The zero-order valence-electron chi connectivity index (χ0n) is 28.1. The summed E-state index contributed by atoms with van der Waals surface area (Å²) in [6, 6.07) is 9.47. The van der Waals surface area contributed by atoms with Crippen molar-refractivity contribution < 1.29 is 27.1 Å². The van der Waals surface area contributed by atoms with Crippen molar-refractivity contribution in [1.82, 2.24) is 34.3 Å². The quantitative estimate of drug-likeness (QED) is 0.243. The number of aromatic nitrogens is 4. The van der Waals surface area contributed by atoms with E-state index in [1.165, 1.54) is 39.3 Å². The lowest BCUT2D eigenvalue weighted by Gasteiger charge is -2.32. The van der Waals surface area contributed by atoms with Gasteiger partial charge in [-0.1, -0.05) is 17.7 Å². The average Bonchev–Trinajstić information content (AvgIpc) is 3.45. The van der Waals surface area contributed by atoms with Gasteiger partial charge in [-0.05, 0) is 74.5 Å². The monoisotopic (exact) mass is 739 g/mol. The van der Waals surface area contributed by atoms with Crippen LogP contribution in [0.5, 0.6) is 5.75 Å². The number of amides is 3. The van der Waals surface area contributed by atoms with Crippen LogP contribution in [0.25, 0.3) is 10.9 Å². The number of benzene rings is 2. The number of sulfonamides is 1. The van der Waals surface area contributed by atoms with Crippen molar-refractivity contribution in [3.63, 3.8) is 0 Å². The summed E-state index contributed by atoms with van der Waals surface area (Å²) in [6.45, 7) is 3.34. The molecule has 17 heteroatoms. The zero-order chi connectivity index (χ0) is 35.7. The minimum absolute atomic E-state index is 0.000957. The van der Waals surface area contributed by atoms with Gasteiger partial charge in [0.1, 0.15) is 6.61 Å². The van der Waals surface area contributed by atoms with Gasteiger partial charge in [-0.15, -0.1) is 0 Å². The summed E-state index contributed by atoms with van der Waals surface area (Å²) in [4.78, 5) is 36.1. The maximum atomic E-state index is 14.8. The second kappa shape index (κ2) is 14.7. The van der Waals surface area contributed by atoms with Crippen LogP contribution in [-0.4, -0.2) is 101 Å². The number of aryl methyl sites for hydroxylation is 1. The van der Waals surface area contributed by atoms with Crippen LogP contribution < -0.4 is 20.3 Å². The number of anilines is 2. The van der Waals surface area contributed by atoms with Gasteiger partial charge in [0.2, 0.25) is 21.9 Å². The average molecular weight is 740 g/mol. The van der Waals surface area contributed by atoms with E-state index < -0.39 is 21.9 Å². The molecule has 0 spiro atoms. The summed E-state index contributed by atoms with van der Waals surface area (Å²) >= 11 is 5.85. The predicted octanol–water partition coefficient (Wildman–Crippen LogP) is 4.13. The maximum absolute atomic E-state index is 14.8. The highest BCUT2D eigenvalue weighted by Gasteiger charge is 2.31. The number of imide groups is 1. The third-order valence-electron chi connectivity index (χ3n) is 9.84. The van der Waals surface area contributed by atoms with Gasteiger partial charge in [-0.2, -0.15) is 9.40 Å². The third kappa shape index (κ3) is 7.64. The molecule has 4 aromatic rings. The molecule has 3 aliphatic heterocycles. The summed E-state index contributed by atoms with van der Waals surface area (Å²) in [7, 11) is -2.00. The predicted molar refractivity (Wildman–Crippen MR) is 189 cm³/mol. The van der Waals surface area contributed by atoms with Crippen molar-refractivity contribution in [1.29, 1.82) is 0 Å². The molecule has 51 heavy (non-hydrogen) atoms. The minimum atomic E-state index is -3.84. The Labute approximate surface area is 300 Å².